The molecule has 5 heteroatoms. The van der Waals surface area contributed by atoms with Crippen LogP contribution in [0, 0.1) is 0 Å². The molecular weight excluding hydrogens is 260 g/mol. The van der Waals surface area contributed by atoms with Crippen molar-refractivity contribution in [2.24, 2.45) is 0 Å². The van der Waals surface area contributed by atoms with Crippen LogP contribution in [0.5, 0.6) is 0 Å². The van der Waals surface area contributed by atoms with E-state index in [4.69, 9.17) is 0 Å². The third-order valence-electron chi connectivity index (χ3n) is 3.55. The summed E-state index contributed by atoms with van der Waals surface area (Å²) in [5.74, 6) is 0.152. The van der Waals surface area contributed by atoms with E-state index in [2.05, 4.69) is 10.0 Å². The fraction of sp³-hybridized carbons (Fsp3) is 0.571. The topological polar surface area (TPSA) is 58.2 Å². The number of sulfonamides is 1. The van der Waals surface area contributed by atoms with Crippen LogP contribution >= 0.6 is 0 Å². The van der Waals surface area contributed by atoms with Gasteiger partial charge in [0.1, 0.15) is 0 Å². The lowest BCUT2D eigenvalue weighted by molar-refractivity contribution is 0.548. The fourth-order valence-electron chi connectivity index (χ4n) is 2.42. The van der Waals surface area contributed by atoms with Crippen molar-refractivity contribution in [1.29, 1.82) is 0 Å². The summed E-state index contributed by atoms with van der Waals surface area (Å²) in [5.41, 5.74) is 1.06. The van der Waals surface area contributed by atoms with Crippen LogP contribution in [-0.4, -0.2) is 33.3 Å². The molecule has 1 aliphatic heterocycles. The zero-order valence-electron chi connectivity index (χ0n) is 11.3. The van der Waals surface area contributed by atoms with E-state index in [9.17, 15) is 8.42 Å². The van der Waals surface area contributed by atoms with Crippen molar-refractivity contribution in [2.45, 2.75) is 31.7 Å². The Morgan fingerprint density at radius 3 is 2.74 bits per heavy atom. The second kappa shape index (κ2) is 6.50. The lowest BCUT2D eigenvalue weighted by Gasteiger charge is -2.15. The van der Waals surface area contributed by atoms with E-state index in [1.165, 1.54) is 0 Å². The van der Waals surface area contributed by atoms with E-state index in [0.29, 0.717) is 12.6 Å². The molecule has 0 saturated carbocycles. The molecule has 0 radical (unpaired) electrons. The highest BCUT2D eigenvalue weighted by Crippen LogP contribution is 2.16. The first-order valence-corrected chi connectivity index (χ1v) is 8.48. The lowest BCUT2D eigenvalue weighted by atomic mass is 10.0. The number of rotatable bonds is 6. The molecule has 0 amide bonds. The maximum atomic E-state index is 12.0. The second-order valence-electron chi connectivity index (χ2n) is 5.23. The van der Waals surface area contributed by atoms with Crippen LogP contribution in [0.4, 0.5) is 0 Å². The molecule has 0 aliphatic carbocycles. The summed E-state index contributed by atoms with van der Waals surface area (Å²) >= 11 is 0. The average molecular weight is 282 g/mol. The molecular formula is C14H22N2O2S. The van der Waals surface area contributed by atoms with E-state index in [0.717, 1.165) is 24.9 Å². The molecule has 1 aromatic carbocycles. The van der Waals surface area contributed by atoms with Crippen molar-refractivity contribution < 1.29 is 8.42 Å². The summed E-state index contributed by atoms with van der Waals surface area (Å²) in [6.07, 6.45) is 2.18. The molecule has 2 atom stereocenters. The van der Waals surface area contributed by atoms with Gasteiger partial charge in [0, 0.05) is 12.6 Å². The van der Waals surface area contributed by atoms with Gasteiger partial charge < -0.3 is 5.32 Å². The van der Waals surface area contributed by atoms with Crippen LogP contribution < -0.4 is 10.0 Å². The van der Waals surface area contributed by atoms with Crippen LogP contribution in [-0.2, 0) is 10.0 Å². The van der Waals surface area contributed by atoms with Gasteiger partial charge in [-0.15, -0.1) is 0 Å². The van der Waals surface area contributed by atoms with E-state index in [1.807, 2.05) is 37.3 Å². The Morgan fingerprint density at radius 1 is 1.37 bits per heavy atom. The Balaban J connectivity index is 1.86. The summed E-state index contributed by atoms with van der Waals surface area (Å²) in [6.45, 7) is 3.44. The summed E-state index contributed by atoms with van der Waals surface area (Å²) in [4.78, 5) is 0. The Bertz CT molecular complexity index is 481. The minimum atomic E-state index is -3.21. The van der Waals surface area contributed by atoms with Crippen LogP contribution in [0.3, 0.4) is 0 Å². The van der Waals surface area contributed by atoms with Gasteiger partial charge in [0.05, 0.1) is 5.75 Å². The van der Waals surface area contributed by atoms with Crippen molar-refractivity contribution in [3.05, 3.63) is 35.9 Å². The molecule has 0 aromatic heterocycles. The highest BCUT2D eigenvalue weighted by Gasteiger charge is 2.20. The molecule has 1 aliphatic rings. The Morgan fingerprint density at radius 2 is 2.11 bits per heavy atom. The zero-order valence-corrected chi connectivity index (χ0v) is 12.1. The van der Waals surface area contributed by atoms with Gasteiger partial charge >= 0.3 is 0 Å². The van der Waals surface area contributed by atoms with Crippen LogP contribution in [0.25, 0.3) is 0 Å². The van der Waals surface area contributed by atoms with Crippen LogP contribution in [0.15, 0.2) is 30.3 Å². The van der Waals surface area contributed by atoms with Gasteiger partial charge in [-0.1, -0.05) is 37.3 Å². The maximum Gasteiger partial charge on any atom is 0.212 e. The lowest BCUT2D eigenvalue weighted by Crippen LogP contribution is -2.38. The van der Waals surface area contributed by atoms with Gasteiger partial charge in [0.25, 0.3) is 0 Å². The van der Waals surface area contributed by atoms with E-state index < -0.39 is 10.0 Å². The fourth-order valence-corrected chi connectivity index (χ4v) is 3.85. The monoisotopic (exact) mass is 282 g/mol. The number of benzene rings is 1. The largest absolute Gasteiger partial charge is 0.313 e. The number of hydrogen-bond acceptors (Lipinski definition) is 3. The summed E-state index contributed by atoms with van der Waals surface area (Å²) < 4.78 is 26.8. The smallest absolute Gasteiger partial charge is 0.212 e. The van der Waals surface area contributed by atoms with E-state index in [-0.39, 0.29) is 11.7 Å². The summed E-state index contributed by atoms with van der Waals surface area (Å²) in [5, 5.41) is 3.29. The van der Waals surface area contributed by atoms with E-state index >= 15 is 0 Å². The first kappa shape index (κ1) is 14.5. The molecule has 2 N–H and O–H groups in total. The number of nitrogens with one attached hydrogen (secondary N) is 2. The van der Waals surface area contributed by atoms with Crippen molar-refractivity contribution >= 4 is 10.0 Å². The third kappa shape index (κ3) is 4.60. The minimum Gasteiger partial charge on any atom is -0.313 e. The van der Waals surface area contributed by atoms with Crippen molar-refractivity contribution in [1.82, 2.24) is 10.0 Å². The first-order valence-electron chi connectivity index (χ1n) is 6.82. The Kier molecular flexibility index (Phi) is 4.96. The molecule has 0 bridgehead atoms. The summed E-state index contributed by atoms with van der Waals surface area (Å²) in [7, 11) is -3.21. The SMILES string of the molecule is CC(CS(=O)(=O)NCC1CCCN1)c1ccccc1. The van der Waals surface area contributed by atoms with Crippen molar-refractivity contribution in [3.8, 4) is 0 Å². The highest BCUT2D eigenvalue weighted by atomic mass is 32.2. The molecule has 2 unspecified atom stereocenters. The highest BCUT2D eigenvalue weighted by molar-refractivity contribution is 7.89. The normalized spacial score (nSPS) is 21.4. The molecule has 1 saturated heterocycles. The maximum absolute atomic E-state index is 12.0. The number of hydrogen-bond donors (Lipinski definition) is 2. The Labute approximate surface area is 115 Å². The van der Waals surface area contributed by atoms with Gasteiger partial charge in [0.2, 0.25) is 10.0 Å². The first-order chi connectivity index (χ1) is 9.07. The molecule has 106 valence electrons. The zero-order chi connectivity index (χ0) is 13.7. The second-order valence-corrected chi connectivity index (χ2v) is 7.09. The standard InChI is InChI=1S/C14H22N2O2S/c1-12(13-6-3-2-4-7-13)11-19(17,18)16-10-14-8-5-9-15-14/h2-4,6-7,12,14-16H,5,8-11H2,1H3. The molecule has 19 heavy (non-hydrogen) atoms. The third-order valence-corrected chi connectivity index (χ3v) is 5.10. The minimum absolute atomic E-state index is 0.00948. The Hall–Kier alpha value is -0.910. The molecule has 0 spiro atoms. The molecule has 2 rings (SSSR count). The van der Waals surface area contributed by atoms with Crippen LogP contribution in [0.2, 0.25) is 0 Å². The molecule has 1 heterocycles. The average Bonchev–Trinajstić information content (AvgIpc) is 2.90. The van der Waals surface area contributed by atoms with Gasteiger partial charge in [-0.05, 0) is 30.9 Å². The van der Waals surface area contributed by atoms with Gasteiger partial charge in [-0.25, -0.2) is 13.1 Å². The van der Waals surface area contributed by atoms with E-state index in [1.54, 1.807) is 0 Å². The molecule has 1 fully saturated rings. The quantitative estimate of drug-likeness (QED) is 0.830. The summed E-state index contributed by atoms with van der Waals surface area (Å²) in [6, 6.07) is 10.1. The van der Waals surface area contributed by atoms with Gasteiger partial charge in [-0.3, -0.25) is 0 Å². The van der Waals surface area contributed by atoms with Crippen LogP contribution in [0.1, 0.15) is 31.2 Å². The predicted octanol–water partition coefficient (Wildman–Crippen LogP) is 1.46. The molecule has 4 nitrogen and oxygen atoms in total. The van der Waals surface area contributed by atoms with Crippen molar-refractivity contribution in [3.63, 3.8) is 0 Å². The van der Waals surface area contributed by atoms with Gasteiger partial charge in [0.15, 0.2) is 0 Å². The van der Waals surface area contributed by atoms with Gasteiger partial charge in [-0.2, -0.15) is 0 Å². The van der Waals surface area contributed by atoms with Crippen molar-refractivity contribution in [2.75, 3.05) is 18.8 Å². The molecule has 1 aromatic rings. The predicted molar refractivity (Wildman–Crippen MR) is 77.7 cm³/mol.